The van der Waals surface area contributed by atoms with Crippen LogP contribution in [0.25, 0.3) is 0 Å². The van der Waals surface area contributed by atoms with E-state index in [1.165, 1.54) is 5.56 Å². The summed E-state index contributed by atoms with van der Waals surface area (Å²) in [4.78, 5) is 14.8. The number of fused-ring (bicyclic) bond motifs is 1. The number of nitrogens with one attached hydrogen (secondary N) is 1. The molecule has 3 rings (SSSR count). The van der Waals surface area contributed by atoms with Crippen LogP contribution in [0, 0.1) is 5.92 Å². The molecule has 5 nitrogen and oxygen atoms in total. The van der Waals surface area contributed by atoms with Gasteiger partial charge in [0.25, 0.3) is 0 Å². The molecule has 5 heteroatoms. The number of hydrogen-bond acceptors (Lipinski definition) is 4. The molecule has 132 valence electrons. The molecule has 0 aliphatic carbocycles. The van der Waals surface area contributed by atoms with Gasteiger partial charge in [-0.25, -0.2) is 0 Å². The molecule has 0 saturated carbocycles. The maximum absolute atomic E-state index is 12.4. The normalized spacial score (nSPS) is 21.7. The quantitative estimate of drug-likeness (QED) is 0.743. The highest BCUT2D eigenvalue weighted by molar-refractivity contribution is 6.03. The Morgan fingerprint density at radius 3 is 2.67 bits per heavy atom. The molecule has 2 heterocycles. The monoisotopic (exact) mass is 332 g/mol. The Labute approximate surface area is 144 Å². The molecule has 1 atom stereocenters. The first-order valence-electron chi connectivity index (χ1n) is 9.07. The minimum Gasteiger partial charge on any atom is -0.379 e. The maximum Gasteiger partial charge on any atom is 0.232 e. The SMILES string of the molecule is CCOCCOCCN1CCC(C2C(=O)Nc3ccccc32)CC1. The zero-order valence-electron chi connectivity index (χ0n) is 14.5. The number of rotatable bonds is 8. The summed E-state index contributed by atoms with van der Waals surface area (Å²) in [5, 5.41) is 3.03. The Kier molecular flexibility index (Phi) is 6.24. The molecular weight excluding hydrogens is 304 g/mol. The fourth-order valence-corrected chi connectivity index (χ4v) is 3.77. The second-order valence-corrected chi connectivity index (χ2v) is 6.54. The van der Waals surface area contributed by atoms with Crippen LogP contribution in [0.5, 0.6) is 0 Å². The first-order chi connectivity index (χ1) is 11.8. The smallest absolute Gasteiger partial charge is 0.232 e. The Morgan fingerprint density at radius 1 is 1.12 bits per heavy atom. The number of amides is 1. The summed E-state index contributed by atoms with van der Waals surface area (Å²) in [6, 6.07) is 8.11. The molecule has 1 N–H and O–H groups in total. The molecule has 0 aromatic heterocycles. The van der Waals surface area contributed by atoms with Crippen LogP contribution in [0.1, 0.15) is 31.2 Å². The van der Waals surface area contributed by atoms with Crippen LogP contribution in [0.15, 0.2) is 24.3 Å². The highest BCUT2D eigenvalue weighted by Crippen LogP contribution is 2.41. The number of anilines is 1. The van der Waals surface area contributed by atoms with Crippen molar-refractivity contribution in [1.29, 1.82) is 0 Å². The summed E-state index contributed by atoms with van der Waals surface area (Å²) in [6.45, 7) is 7.90. The lowest BCUT2D eigenvalue weighted by Gasteiger charge is -2.34. The second kappa shape index (κ2) is 8.60. The number of hydrogen-bond donors (Lipinski definition) is 1. The Morgan fingerprint density at radius 2 is 1.88 bits per heavy atom. The summed E-state index contributed by atoms with van der Waals surface area (Å²) in [7, 11) is 0. The van der Waals surface area contributed by atoms with Crippen LogP contribution < -0.4 is 5.32 Å². The minimum atomic E-state index is 0.0331. The van der Waals surface area contributed by atoms with Crippen molar-refractivity contribution in [2.45, 2.75) is 25.7 Å². The summed E-state index contributed by atoms with van der Waals surface area (Å²) in [5.41, 5.74) is 2.18. The van der Waals surface area contributed by atoms with E-state index in [2.05, 4.69) is 16.3 Å². The van der Waals surface area contributed by atoms with E-state index in [0.29, 0.717) is 19.1 Å². The number of likely N-dealkylation sites (tertiary alicyclic amines) is 1. The topological polar surface area (TPSA) is 50.8 Å². The summed E-state index contributed by atoms with van der Waals surface area (Å²) < 4.78 is 10.9. The molecule has 2 aliphatic heterocycles. The Bertz CT molecular complexity index is 541. The summed E-state index contributed by atoms with van der Waals surface area (Å²) >= 11 is 0. The van der Waals surface area contributed by atoms with Crippen molar-refractivity contribution in [1.82, 2.24) is 4.90 Å². The summed E-state index contributed by atoms with van der Waals surface area (Å²) in [5.74, 6) is 0.656. The number of piperidine rings is 1. The average molecular weight is 332 g/mol. The lowest BCUT2D eigenvalue weighted by atomic mass is 9.81. The third-order valence-corrected chi connectivity index (χ3v) is 5.07. The molecule has 1 amide bonds. The standard InChI is InChI=1S/C19H28N2O3/c1-2-23-13-14-24-12-11-21-9-7-15(8-10-21)18-16-5-3-4-6-17(16)20-19(18)22/h3-6,15,18H,2,7-14H2,1H3,(H,20,22). The predicted octanol–water partition coefficient (Wildman–Crippen LogP) is 2.49. The van der Waals surface area contributed by atoms with Gasteiger partial charge in [0.2, 0.25) is 5.91 Å². The van der Waals surface area contributed by atoms with Gasteiger partial charge in [-0.15, -0.1) is 0 Å². The van der Waals surface area contributed by atoms with Gasteiger partial charge >= 0.3 is 0 Å². The lowest BCUT2D eigenvalue weighted by molar-refractivity contribution is -0.118. The van der Waals surface area contributed by atoms with Crippen molar-refractivity contribution in [2.75, 3.05) is 51.4 Å². The molecule has 1 aromatic rings. The van der Waals surface area contributed by atoms with Gasteiger partial charge in [-0.2, -0.15) is 0 Å². The van der Waals surface area contributed by atoms with Gasteiger partial charge in [0.15, 0.2) is 0 Å². The zero-order valence-corrected chi connectivity index (χ0v) is 14.5. The van der Waals surface area contributed by atoms with Crippen molar-refractivity contribution in [3.05, 3.63) is 29.8 Å². The fraction of sp³-hybridized carbons (Fsp3) is 0.632. The van der Waals surface area contributed by atoms with Gasteiger partial charge in [0.05, 0.1) is 25.7 Å². The molecule has 1 fully saturated rings. The minimum absolute atomic E-state index is 0.0331. The van der Waals surface area contributed by atoms with Crippen LogP contribution in [0.2, 0.25) is 0 Å². The van der Waals surface area contributed by atoms with Gasteiger partial charge in [-0.3, -0.25) is 4.79 Å². The molecule has 2 aliphatic rings. The molecule has 1 saturated heterocycles. The maximum atomic E-state index is 12.4. The van der Waals surface area contributed by atoms with Crippen LogP contribution in [0.4, 0.5) is 5.69 Å². The van der Waals surface area contributed by atoms with E-state index in [0.717, 1.165) is 51.4 Å². The number of carbonyl (C=O) groups excluding carboxylic acids is 1. The van der Waals surface area contributed by atoms with Crippen LogP contribution in [-0.2, 0) is 14.3 Å². The van der Waals surface area contributed by atoms with Crippen LogP contribution >= 0.6 is 0 Å². The van der Waals surface area contributed by atoms with Gasteiger partial charge in [-0.05, 0) is 50.4 Å². The third kappa shape index (κ3) is 4.15. The Hall–Kier alpha value is -1.43. The highest BCUT2D eigenvalue weighted by Gasteiger charge is 2.37. The first-order valence-corrected chi connectivity index (χ1v) is 9.07. The van der Waals surface area contributed by atoms with E-state index in [-0.39, 0.29) is 11.8 Å². The van der Waals surface area contributed by atoms with Crippen LogP contribution in [-0.4, -0.2) is 56.9 Å². The summed E-state index contributed by atoms with van der Waals surface area (Å²) in [6.07, 6.45) is 2.15. The van der Waals surface area contributed by atoms with Crippen molar-refractivity contribution in [3.63, 3.8) is 0 Å². The first kappa shape index (κ1) is 17.4. The second-order valence-electron chi connectivity index (χ2n) is 6.54. The van der Waals surface area contributed by atoms with E-state index in [1.807, 2.05) is 25.1 Å². The third-order valence-electron chi connectivity index (χ3n) is 5.07. The van der Waals surface area contributed by atoms with E-state index >= 15 is 0 Å². The fourth-order valence-electron chi connectivity index (χ4n) is 3.77. The van der Waals surface area contributed by atoms with Gasteiger partial charge in [0, 0.05) is 18.8 Å². The number of benzene rings is 1. The van der Waals surface area contributed by atoms with E-state index < -0.39 is 0 Å². The molecule has 0 radical (unpaired) electrons. The molecule has 0 bridgehead atoms. The van der Waals surface area contributed by atoms with Gasteiger partial charge < -0.3 is 19.7 Å². The Balaban J connectivity index is 1.42. The van der Waals surface area contributed by atoms with Crippen LogP contribution in [0.3, 0.4) is 0 Å². The van der Waals surface area contributed by atoms with Crippen molar-refractivity contribution in [2.24, 2.45) is 5.92 Å². The van der Waals surface area contributed by atoms with Crippen molar-refractivity contribution in [3.8, 4) is 0 Å². The number of ether oxygens (including phenoxy) is 2. The lowest BCUT2D eigenvalue weighted by Crippen LogP contribution is -2.38. The zero-order chi connectivity index (χ0) is 16.8. The highest BCUT2D eigenvalue weighted by atomic mass is 16.5. The molecule has 0 spiro atoms. The molecule has 1 aromatic carbocycles. The predicted molar refractivity (Wildman–Crippen MR) is 94.3 cm³/mol. The van der Waals surface area contributed by atoms with Gasteiger partial charge in [0.1, 0.15) is 0 Å². The molecular formula is C19H28N2O3. The van der Waals surface area contributed by atoms with Crippen molar-refractivity contribution >= 4 is 11.6 Å². The largest absolute Gasteiger partial charge is 0.379 e. The van der Waals surface area contributed by atoms with Crippen molar-refractivity contribution < 1.29 is 14.3 Å². The van der Waals surface area contributed by atoms with Gasteiger partial charge in [-0.1, -0.05) is 18.2 Å². The molecule has 1 unspecified atom stereocenters. The van der Waals surface area contributed by atoms with E-state index in [9.17, 15) is 4.79 Å². The average Bonchev–Trinajstić information content (AvgIpc) is 2.94. The number of nitrogens with zero attached hydrogens (tertiary/aromatic N) is 1. The molecule has 24 heavy (non-hydrogen) atoms. The van der Waals surface area contributed by atoms with E-state index in [1.54, 1.807) is 0 Å². The number of carbonyl (C=O) groups is 1. The number of para-hydroxylation sites is 1. The van der Waals surface area contributed by atoms with E-state index in [4.69, 9.17) is 9.47 Å².